The summed E-state index contributed by atoms with van der Waals surface area (Å²) in [5.74, 6) is -0.297. The summed E-state index contributed by atoms with van der Waals surface area (Å²) in [6, 6.07) is 0.402. The first-order chi connectivity index (χ1) is 5.61. The highest BCUT2D eigenvalue weighted by molar-refractivity contribution is 5.92. The maximum Gasteiger partial charge on any atom is 0.250 e. The molecule has 0 saturated carbocycles. The number of primary amides is 1. The van der Waals surface area contributed by atoms with Crippen LogP contribution in [0.25, 0.3) is 0 Å². The van der Waals surface area contributed by atoms with E-state index in [2.05, 4.69) is 20.1 Å². The number of carbonyl (C=O) groups excluding carboxylic acids is 1. The van der Waals surface area contributed by atoms with Gasteiger partial charge < -0.3 is 5.73 Å². The van der Waals surface area contributed by atoms with Crippen molar-refractivity contribution in [1.82, 2.24) is 0 Å². The van der Waals surface area contributed by atoms with E-state index in [9.17, 15) is 4.79 Å². The van der Waals surface area contributed by atoms with Gasteiger partial charge in [-0.15, -0.1) is 0 Å². The third-order valence-corrected chi connectivity index (χ3v) is 1.97. The molecule has 0 unspecified atom stereocenters. The maximum atomic E-state index is 10.8. The molecule has 0 spiro atoms. The van der Waals surface area contributed by atoms with Gasteiger partial charge >= 0.3 is 0 Å². The van der Waals surface area contributed by atoms with Crippen molar-refractivity contribution in [2.45, 2.75) is 32.7 Å². The van der Waals surface area contributed by atoms with Crippen LogP contribution < -0.4 is 5.73 Å². The highest BCUT2D eigenvalue weighted by Gasteiger charge is 2.17. The van der Waals surface area contributed by atoms with Crippen LogP contribution in [0, 0.1) is 0 Å². The SMILES string of the molecule is CC(C)[N+]1=CCCC(C(N)=O)=C1. The number of hydrogen-bond acceptors (Lipinski definition) is 1. The van der Waals surface area contributed by atoms with Crippen LogP contribution in [0.5, 0.6) is 0 Å². The van der Waals surface area contributed by atoms with Crippen LogP contribution in [-0.4, -0.2) is 22.7 Å². The molecule has 1 aliphatic heterocycles. The molecule has 0 aromatic carbocycles. The summed E-state index contributed by atoms with van der Waals surface area (Å²) in [6.07, 6.45) is 5.62. The van der Waals surface area contributed by atoms with Gasteiger partial charge in [-0.05, 0) is 20.3 Å². The Morgan fingerprint density at radius 2 is 2.33 bits per heavy atom. The van der Waals surface area contributed by atoms with E-state index in [4.69, 9.17) is 5.73 Å². The third kappa shape index (κ3) is 1.94. The fraction of sp³-hybridized carbons (Fsp3) is 0.556. The minimum absolute atomic E-state index is 0.297. The molecule has 1 amide bonds. The lowest BCUT2D eigenvalue weighted by atomic mass is 10.1. The predicted molar refractivity (Wildman–Crippen MR) is 48.0 cm³/mol. The number of nitrogens with zero attached hydrogens (tertiary/aromatic N) is 1. The fourth-order valence-electron chi connectivity index (χ4n) is 1.21. The summed E-state index contributed by atoms with van der Waals surface area (Å²) in [5, 5.41) is 0. The molecule has 0 aromatic heterocycles. The Balaban J connectivity index is 2.81. The molecule has 1 aliphatic rings. The lowest BCUT2D eigenvalue weighted by Gasteiger charge is -2.08. The first-order valence-electron chi connectivity index (χ1n) is 4.22. The van der Waals surface area contributed by atoms with Crippen LogP contribution >= 0.6 is 0 Å². The van der Waals surface area contributed by atoms with Crippen LogP contribution in [0.2, 0.25) is 0 Å². The molecule has 0 atom stereocenters. The predicted octanol–water partition coefficient (Wildman–Crippen LogP) is 0.641. The number of carbonyl (C=O) groups is 1. The zero-order chi connectivity index (χ0) is 9.14. The first kappa shape index (κ1) is 8.97. The second kappa shape index (κ2) is 3.52. The van der Waals surface area contributed by atoms with Gasteiger partial charge in [-0.3, -0.25) is 4.79 Å². The normalized spacial score (nSPS) is 17.2. The van der Waals surface area contributed by atoms with Gasteiger partial charge in [0.1, 0.15) is 6.21 Å². The van der Waals surface area contributed by atoms with Crippen molar-refractivity contribution < 1.29 is 9.37 Å². The van der Waals surface area contributed by atoms with Crippen molar-refractivity contribution in [2.24, 2.45) is 5.73 Å². The topological polar surface area (TPSA) is 46.1 Å². The molecule has 2 N–H and O–H groups in total. The van der Waals surface area contributed by atoms with Crippen molar-refractivity contribution in [1.29, 1.82) is 0 Å². The number of nitrogens with two attached hydrogens (primary N) is 1. The third-order valence-electron chi connectivity index (χ3n) is 1.97. The van der Waals surface area contributed by atoms with Gasteiger partial charge in [0.25, 0.3) is 5.91 Å². The quantitative estimate of drug-likeness (QED) is 0.603. The Morgan fingerprint density at radius 3 is 2.83 bits per heavy atom. The highest BCUT2D eigenvalue weighted by atomic mass is 16.1. The summed E-state index contributed by atoms with van der Waals surface area (Å²) in [4.78, 5) is 10.8. The Bertz CT molecular complexity index is 251. The molecular weight excluding hydrogens is 152 g/mol. The number of rotatable bonds is 2. The van der Waals surface area contributed by atoms with E-state index in [0.29, 0.717) is 6.04 Å². The highest BCUT2D eigenvalue weighted by Crippen LogP contribution is 2.09. The average molecular weight is 167 g/mol. The van der Waals surface area contributed by atoms with Crippen LogP contribution in [0.3, 0.4) is 0 Å². The summed E-state index contributed by atoms with van der Waals surface area (Å²) in [6.45, 7) is 4.16. The molecule has 12 heavy (non-hydrogen) atoms. The minimum Gasteiger partial charge on any atom is -0.366 e. The zero-order valence-corrected chi connectivity index (χ0v) is 7.58. The second-order valence-corrected chi connectivity index (χ2v) is 3.28. The zero-order valence-electron chi connectivity index (χ0n) is 7.58. The van der Waals surface area contributed by atoms with E-state index in [-0.39, 0.29) is 5.91 Å². The van der Waals surface area contributed by atoms with Gasteiger partial charge in [-0.1, -0.05) is 0 Å². The smallest absolute Gasteiger partial charge is 0.250 e. The Kier molecular flexibility index (Phi) is 2.63. The van der Waals surface area contributed by atoms with E-state index < -0.39 is 0 Å². The minimum atomic E-state index is -0.297. The van der Waals surface area contributed by atoms with Gasteiger partial charge in [-0.25, -0.2) is 4.58 Å². The summed E-state index contributed by atoms with van der Waals surface area (Å²) in [7, 11) is 0. The first-order valence-corrected chi connectivity index (χ1v) is 4.22. The molecule has 0 saturated heterocycles. The van der Waals surface area contributed by atoms with Crippen molar-refractivity contribution >= 4 is 12.1 Å². The van der Waals surface area contributed by atoms with Crippen molar-refractivity contribution in [3.63, 3.8) is 0 Å². The number of hydrogen-bond donors (Lipinski definition) is 1. The van der Waals surface area contributed by atoms with E-state index in [1.165, 1.54) is 0 Å². The lowest BCUT2D eigenvalue weighted by molar-refractivity contribution is -0.490. The van der Waals surface area contributed by atoms with Gasteiger partial charge in [-0.2, -0.15) is 0 Å². The summed E-state index contributed by atoms with van der Waals surface area (Å²) in [5.41, 5.74) is 5.91. The van der Waals surface area contributed by atoms with Crippen LogP contribution in [-0.2, 0) is 4.79 Å². The van der Waals surface area contributed by atoms with E-state index >= 15 is 0 Å². The van der Waals surface area contributed by atoms with Crippen LogP contribution in [0.4, 0.5) is 0 Å². The molecule has 66 valence electrons. The lowest BCUT2D eigenvalue weighted by Crippen LogP contribution is -2.24. The average Bonchev–Trinajstić information content (AvgIpc) is 2.04. The monoisotopic (exact) mass is 167 g/mol. The molecule has 3 heteroatoms. The summed E-state index contributed by atoms with van der Waals surface area (Å²) < 4.78 is 2.03. The van der Waals surface area contributed by atoms with Gasteiger partial charge in [0.05, 0.1) is 5.57 Å². The molecule has 3 nitrogen and oxygen atoms in total. The molecule has 1 rings (SSSR count). The largest absolute Gasteiger partial charge is 0.366 e. The Morgan fingerprint density at radius 1 is 1.67 bits per heavy atom. The van der Waals surface area contributed by atoms with Gasteiger partial charge in [0.2, 0.25) is 0 Å². The van der Waals surface area contributed by atoms with Gasteiger partial charge in [0, 0.05) is 6.42 Å². The van der Waals surface area contributed by atoms with Crippen molar-refractivity contribution in [3.05, 3.63) is 11.8 Å². The summed E-state index contributed by atoms with van der Waals surface area (Å²) >= 11 is 0. The molecule has 0 radical (unpaired) electrons. The molecular formula is C9H15N2O+. The van der Waals surface area contributed by atoms with E-state index in [1.54, 1.807) is 0 Å². The maximum absolute atomic E-state index is 10.8. The van der Waals surface area contributed by atoms with Crippen molar-refractivity contribution in [2.75, 3.05) is 0 Å². The molecule has 0 aliphatic carbocycles. The molecule has 0 aromatic rings. The van der Waals surface area contributed by atoms with E-state index in [0.717, 1.165) is 18.4 Å². The van der Waals surface area contributed by atoms with Crippen LogP contribution in [0.1, 0.15) is 26.7 Å². The second-order valence-electron chi connectivity index (χ2n) is 3.28. The van der Waals surface area contributed by atoms with Gasteiger partial charge in [0.15, 0.2) is 12.2 Å². The van der Waals surface area contributed by atoms with Crippen molar-refractivity contribution in [3.8, 4) is 0 Å². The van der Waals surface area contributed by atoms with E-state index in [1.807, 2.05) is 10.8 Å². The molecule has 0 bridgehead atoms. The molecule has 0 fully saturated rings. The number of amides is 1. The Hall–Kier alpha value is -1.12. The molecule has 1 heterocycles. The van der Waals surface area contributed by atoms with Crippen LogP contribution in [0.15, 0.2) is 11.8 Å². The fourth-order valence-corrected chi connectivity index (χ4v) is 1.21. The Labute approximate surface area is 72.6 Å². The standard InChI is InChI=1S/C9H14N2O/c1-7(2)11-5-3-4-8(6-11)9(10)12/h5-7H,3-4H2,1-2H3,(H-,10,12)/p+1.